The maximum Gasteiger partial charge on any atom is 0.239 e. The van der Waals surface area contributed by atoms with E-state index in [-0.39, 0.29) is 4.90 Å². The first-order valence-electron chi connectivity index (χ1n) is 4.14. The molecule has 1 rings (SSSR count). The van der Waals surface area contributed by atoms with Crippen molar-refractivity contribution >= 4 is 10.0 Å². The van der Waals surface area contributed by atoms with Gasteiger partial charge in [-0.1, -0.05) is 6.92 Å². The SMILES string of the molecule is CCCOc1cncc(S(N)(=O)=O)c1. The number of hydrogen-bond donors (Lipinski definition) is 1. The largest absolute Gasteiger partial charge is 0.492 e. The van der Waals surface area contributed by atoms with Crippen molar-refractivity contribution in [2.24, 2.45) is 5.14 Å². The number of sulfonamides is 1. The predicted molar refractivity (Wildman–Crippen MR) is 51.4 cm³/mol. The van der Waals surface area contributed by atoms with E-state index in [1.54, 1.807) is 0 Å². The van der Waals surface area contributed by atoms with Gasteiger partial charge in [0.25, 0.3) is 0 Å². The van der Waals surface area contributed by atoms with Gasteiger partial charge in [-0.2, -0.15) is 0 Å². The number of rotatable bonds is 4. The van der Waals surface area contributed by atoms with Crippen LogP contribution in [0.5, 0.6) is 5.75 Å². The van der Waals surface area contributed by atoms with E-state index in [0.29, 0.717) is 12.4 Å². The molecule has 0 fully saturated rings. The van der Waals surface area contributed by atoms with Crippen LogP contribution in [-0.2, 0) is 10.0 Å². The van der Waals surface area contributed by atoms with Crippen LogP contribution < -0.4 is 9.88 Å². The smallest absolute Gasteiger partial charge is 0.239 e. The topological polar surface area (TPSA) is 82.3 Å². The lowest BCUT2D eigenvalue weighted by molar-refractivity contribution is 0.315. The molecule has 0 aliphatic heterocycles. The third-order valence-corrected chi connectivity index (χ3v) is 2.37. The van der Waals surface area contributed by atoms with E-state index in [9.17, 15) is 8.42 Å². The molecular weight excluding hydrogens is 204 g/mol. The lowest BCUT2D eigenvalue weighted by Crippen LogP contribution is -2.12. The first-order valence-corrected chi connectivity index (χ1v) is 5.69. The molecule has 0 amide bonds. The van der Waals surface area contributed by atoms with Crippen LogP contribution >= 0.6 is 0 Å². The van der Waals surface area contributed by atoms with Crippen LogP contribution in [-0.4, -0.2) is 20.0 Å². The van der Waals surface area contributed by atoms with Gasteiger partial charge in [-0.05, 0) is 6.42 Å². The van der Waals surface area contributed by atoms with E-state index in [1.807, 2.05) is 6.92 Å². The molecule has 1 aromatic heterocycles. The second kappa shape index (κ2) is 4.39. The summed E-state index contributed by atoms with van der Waals surface area (Å²) in [5.41, 5.74) is 0. The van der Waals surface area contributed by atoms with Crippen LogP contribution in [0.3, 0.4) is 0 Å². The Morgan fingerprint density at radius 3 is 2.79 bits per heavy atom. The third kappa shape index (κ3) is 2.97. The lowest BCUT2D eigenvalue weighted by Gasteiger charge is -2.04. The number of aromatic nitrogens is 1. The Morgan fingerprint density at radius 1 is 1.50 bits per heavy atom. The van der Waals surface area contributed by atoms with Crippen molar-refractivity contribution in [3.8, 4) is 5.75 Å². The Hall–Kier alpha value is -1.14. The van der Waals surface area contributed by atoms with Crippen molar-refractivity contribution in [1.29, 1.82) is 0 Å². The van der Waals surface area contributed by atoms with Crippen LogP contribution in [0.25, 0.3) is 0 Å². The predicted octanol–water partition coefficient (Wildman–Crippen LogP) is 0.518. The fraction of sp³-hybridized carbons (Fsp3) is 0.375. The minimum absolute atomic E-state index is 0.0360. The molecule has 14 heavy (non-hydrogen) atoms. The molecule has 1 aromatic rings. The van der Waals surface area contributed by atoms with Crippen LogP contribution in [0, 0.1) is 0 Å². The highest BCUT2D eigenvalue weighted by Gasteiger charge is 2.08. The minimum atomic E-state index is -3.69. The summed E-state index contributed by atoms with van der Waals surface area (Å²) < 4.78 is 27.1. The Morgan fingerprint density at radius 2 is 2.21 bits per heavy atom. The number of primary sulfonamides is 1. The maximum atomic E-state index is 10.9. The van der Waals surface area contributed by atoms with Gasteiger partial charge in [0.05, 0.1) is 12.8 Å². The molecule has 0 saturated carbocycles. The molecule has 0 aliphatic carbocycles. The number of nitrogens with zero attached hydrogens (tertiary/aromatic N) is 1. The van der Waals surface area contributed by atoms with Crippen molar-refractivity contribution in [1.82, 2.24) is 4.98 Å². The van der Waals surface area contributed by atoms with E-state index in [0.717, 1.165) is 6.42 Å². The third-order valence-electron chi connectivity index (χ3n) is 1.49. The molecule has 0 unspecified atom stereocenters. The Labute approximate surface area is 83.0 Å². The van der Waals surface area contributed by atoms with Crippen molar-refractivity contribution < 1.29 is 13.2 Å². The normalized spacial score (nSPS) is 11.3. The van der Waals surface area contributed by atoms with E-state index >= 15 is 0 Å². The molecule has 6 heteroatoms. The molecule has 1 heterocycles. The van der Waals surface area contributed by atoms with Gasteiger partial charge in [0.1, 0.15) is 10.6 Å². The number of nitrogens with two attached hydrogens (primary N) is 1. The number of pyridine rings is 1. The summed E-state index contributed by atoms with van der Waals surface area (Å²) in [6, 6.07) is 1.36. The van der Waals surface area contributed by atoms with E-state index < -0.39 is 10.0 Å². The van der Waals surface area contributed by atoms with E-state index in [4.69, 9.17) is 9.88 Å². The fourth-order valence-corrected chi connectivity index (χ4v) is 1.34. The highest BCUT2D eigenvalue weighted by atomic mass is 32.2. The summed E-state index contributed by atoms with van der Waals surface area (Å²) in [6.07, 6.45) is 3.48. The summed E-state index contributed by atoms with van der Waals surface area (Å²) in [6.45, 7) is 2.48. The summed E-state index contributed by atoms with van der Waals surface area (Å²) >= 11 is 0. The molecule has 2 N–H and O–H groups in total. The molecular formula is C8H12N2O3S. The Balaban J connectivity index is 2.90. The quantitative estimate of drug-likeness (QED) is 0.795. The van der Waals surface area contributed by atoms with Crippen LogP contribution in [0.15, 0.2) is 23.4 Å². The zero-order valence-electron chi connectivity index (χ0n) is 7.80. The standard InChI is InChI=1S/C8H12N2O3S/c1-2-3-13-7-4-8(6-10-5-7)14(9,11)12/h4-6H,2-3H2,1H3,(H2,9,11,12). The summed E-state index contributed by atoms with van der Waals surface area (Å²) in [7, 11) is -3.69. The highest BCUT2D eigenvalue weighted by molar-refractivity contribution is 7.89. The van der Waals surface area contributed by atoms with Gasteiger partial charge in [-0.3, -0.25) is 4.98 Å². The van der Waals surface area contributed by atoms with Gasteiger partial charge < -0.3 is 4.74 Å². The first kappa shape index (κ1) is 10.9. The van der Waals surface area contributed by atoms with Gasteiger partial charge in [-0.25, -0.2) is 13.6 Å². The van der Waals surface area contributed by atoms with Crippen molar-refractivity contribution in [2.45, 2.75) is 18.2 Å². The average Bonchev–Trinajstić information content (AvgIpc) is 2.14. The van der Waals surface area contributed by atoms with Crippen LogP contribution in [0.2, 0.25) is 0 Å². The van der Waals surface area contributed by atoms with E-state index in [2.05, 4.69) is 4.98 Å². The molecule has 78 valence electrons. The van der Waals surface area contributed by atoms with Crippen molar-refractivity contribution in [3.63, 3.8) is 0 Å². The monoisotopic (exact) mass is 216 g/mol. The average molecular weight is 216 g/mol. The second-order valence-electron chi connectivity index (χ2n) is 2.75. The zero-order chi connectivity index (χ0) is 10.6. The zero-order valence-corrected chi connectivity index (χ0v) is 8.62. The molecule has 0 aliphatic rings. The fourth-order valence-electron chi connectivity index (χ4n) is 0.853. The molecule has 0 bridgehead atoms. The molecule has 5 nitrogen and oxygen atoms in total. The first-order chi connectivity index (χ1) is 6.54. The van der Waals surface area contributed by atoms with E-state index in [1.165, 1.54) is 18.5 Å². The van der Waals surface area contributed by atoms with Gasteiger partial charge in [0.15, 0.2) is 0 Å². The maximum absolute atomic E-state index is 10.9. The minimum Gasteiger partial charge on any atom is -0.492 e. The van der Waals surface area contributed by atoms with Crippen molar-refractivity contribution in [3.05, 3.63) is 18.5 Å². The summed E-state index contributed by atoms with van der Waals surface area (Å²) in [5.74, 6) is 0.415. The van der Waals surface area contributed by atoms with Gasteiger partial charge >= 0.3 is 0 Å². The van der Waals surface area contributed by atoms with Gasteiger partial charge in [-0.15, -0.1) is 0 Å². The molecule has 0 spiro atoms. The second-order valence-corrected chi connectivity index (χ2v) is 4.31. The highest BCUT2D eigenvalue weighted by Crippen LogP contribution is 2.14. The lowest BCUT2D eigenvalue weighted by atomic mass is 10.4. The van der Waals surface area contributed by atoms with Crippen molar-refractivity contribution in [2.75, 3.05) is 6.61 Å². The number of hydrogen-bond acceptors (Lipinski definition) is 4. The van der Waals surface area contributed by atoms with Gasteiger partial charge in [0.2, 0.25) is 10.0 Å². The van der Waals surface area contributed by atoms with Gasteiger partial charge in [0, 0.05) is 12.3 Å². The summed E-state index contributed by atoms with van der Waals surface area (Å²) in [4.78, 5) is 3.68. The molecule has 0 saturated heterocycles. The Kier molecular flexibility index (Phi) is 3.43. The number of ether oxygens (including phenoxy) is 1. The van der Waals surface area contributed by atoms with Crippen LogP contribution in [0.4, 0.5) is 0 Å². The molecule has 0 radical (unpaired) electrons. The summed E-state index contributed by atoms with van der Waals surface area (Å²) in [5, 5.41) is 4.93. The Bertz CT molecular complexity index is 403. The van der Waals surface area contributed by atoms with Crippen LogP contribution in [0.1, 0.15) is 13.3 Å². The molecule has 0 aromatic carbocycles. The molecule has 0 atom stereocenters.